The third-order valence-electron chi connectivity index (χ3n) is 3.49. The van der Waals surface area contributed by atoms with E-state index < -0.39 is 10.0 Å². The fourth-order valence-corrected chi connectivity index (χ4v) is 4.13. The van der Waals surface area contributed by atoms with E-state index in [4.69, 9.17) is 0 Å². The van der Waals surface area contributed by atoms with Gasteiger partial charge in [-0.15, -0.1) is 0 Å². The SMILES string of the molecule is O=S(=O)(c1ccccc1)N1CCCc2cccc(O)c21. The van der Waals surface area contributed by atoms with Crippen molar-refractivity contribution < 1.29 is 13.5 Å². The molecule has 20 heavy (non-hydrogen) atoms. The summed E-state index contributed by atoms with van der Waals surface area (Å²) in [5.74, 6) is 0.0155. The number of phenols is 1. The van der Waals surface area contributed by atoms with Crippen molar-refractivity contribution in [2.75, 3.05) is 10.8 Å². The average Bonchev–Trinajstić information content (AvgIpc) is 2.48. The van der Waals surface area contributed by atoms with Gasteiger partial charge in [0.2, 0.25) is 0 Å². The van der Waals surface area contributed by atoms with Gasteiger partial charge in [0.15, 0.2) is 0 Å². The van der Waals surface area contributed by atoms with Crippen LogP contribution in [0.15, 0.2) is 53.4 Å². The zero-order chi connectivity index (χ0) is 14.2. The molecule has 4 nitrogen and oxygen atoms in total. The van der Waals surface area contributed by atoms with Crippen LogP contribution in [0.25, 0.3) is 0 Å². The van der Waals surface area contributed by atoms with Crippen LogP contribution in [-0.4, -0.2) is 20.1 Å². The van der Waals surface area contributed by atoms with Crippen LogP contribution in [0, 0.1) is 0 Å². The van der Waals surface area contributed by atoms with Gasteiger partial charge in [-0.3, -0.25) is 4.31 Å². The molecule has 0 unspecified atom stereocenters. The van der Waals surface area contributed by atoms with Gasteiger partial charge in [-0.1, -0.05) is 30.3 Å². The molecule has 2 aromatic rings. The van der Waals surface area contributed by atoms with Crippen molar-refractivity contribution in [3.05, 3.63) is 54.1 Å². The van der Waals surface area contributed by atoms with Crippen LogP contribution in [0.3, 0.4) is 0 Å². The Hall–Kier alpha value is -2.01. The first kappa shape index (κ1) is 13.0. The van der Waals surface area contributed by atoms with Crippen LogP contribution in [0.4, 0.5) is 5.69 Å². The Balaban J connectivity index is 2.14. The molecule has 1 heterocycles. The fourth-order valence-electron chi connectivity index (χ4n) is 2.55. The number of phenolic OH excluding ortho intramolecular Hbond substituents is 1. The van der Waals surface area contributed by atoms with Crippen LogP contribution in [0.5, 0.6) is 5.75 Å². The fraction of sp³-hybridized carbons (Fsp3) is 0.200. The molecule has 104 valence electrons. The third kappa shape index (κ3) is 2.04. The zero-order valence-electron chi connectivity index (χ0n) is 10.9. The highest BCUT2D eigenvalue weighted by Crippen LogP contribution is 2.38. The van der Waals surface area contributed by atoms with Gasteiger partial charge in [-0.05, 0) is 36.6 Å². The summed E-state index contributed by atoms with van der Waals surface area (Å²) in [4.78, 5) is 0.246. The Kier molecular flexibility index (Phi) is 3.14. The number of para-hydroxylation sites is 1. The van der Waals surface area contributed by atoms with Gasteiger partial charge in [0, 0.05) is 6.54 Å². The first-order valence-corrected chi connectivity index (χ1v) is 7.93. The van der Waals surface area contributed by atoms with Crippen LogP contribution < -0.4 is 4.31 Å². The standard InChI is InChI=1S/C15H15NO3S/c17-14-10-4-6-12-7-5-11-16(15(12)14)20(18,19)13-8-2-1-3-9-13/h1-4,6,8-10,17H,5,7,11H2. The van der Waals surface area contributed by atoms with E-state index in [1.165, 1.54) is 10.4 Å². The van der Waals surface area contributed by atoms with E-state index in [1.54, 1.807) is 36.4 Å². The lowest BCUT2D eigenvalue weighted by molar-refractivity contribution is 0.472. The van der Waals surface area contributed by atoms with Crippen molar-refractivity contribution in [2.45, 2.75) is 17.7 Å². The molecule has 0 bridgehead atoms. The summed E-state index contributed by atoms with van der Waals surface area (Å²) >= 11 is 0. The molecule has 0 atom stereocenters. The minimum atomic E-state index is -3.62. The number of nitrogens with zero attached hydrogens (tertiary/aromatic N) is 1. The highest BCUT2D eigenvalue weighted by Gasteiger charge is 2.30. The third-order valence-corrected chi connectivity index (χ3v) is 5.30. The first-order valence-electron chi connectivity index (χ1n) is 6.49. The van der Waals surface area contributed by atoms with E-state index in [1.807, 2.05) is 6.07 Å². The van der Waals surface area contributed by atoms with Gasteiger partial charge in [0.25, 0.3) is 10.0 Å². The molecular weight excluding hydrogens is 274 g/mol. The van der Waals surface area contributed by atoms with Gasteiger partial charge >= 0.3 is 0 Å². The highest BCUT2D eigenvalue weighted by molar-refractivity contribution is 7.92. The first-order chi connectivity index (χ1) is 9.60. The molecule has 0 saturated carbocycles. The Morgan fingerprint density at radius 1 is 1.00 bits per heavy atom. The molecule has 0 amide bonds. The molecule has 1 aliphatic rings. The van der Waals surface area contributed by atoms with Crippen LogP contribution >= 0.6 is 0 Å². The monoisotopic (exact) mass is 289 g/mol. The van der Waals surface area contributed by atoms with Gasteiger partial charge < -0.3 is 5.11 Å². The molecule has 2 aromatic carbocycles. The number of hydrogen-bond acceptors (Lipinski definition) is 3. The largest absolute Gasteiger partial charge is 0.506 e. The molecule has 0 aliphatic carbocycles. The lowest BCUT2D eigenvalue weighted by Crippen LogP contribution is -2.35. The molecule has 0 aromatic heterocycles. The van der Waals surface area contributed by atoms with Gasteiger partial charge in [-0.2, -0.15) is 0 Å². The van der Waals surface area contributed by atoms with Crippen LogP contribution in [-0.2, 0) is 16.4 Å². The lowest BCUT2D eigenvalue weighted by Gasteiger charge is -2.31. The average molecular weight is 289 g/mol. The molecular formula is C15H15NO3S. The number of anilines is 1. The summed E-state index contributed by atoms with van der Waals surface area (Å²) in [7, 11) is -3.62. The number of hydrogen-bond donors (Lipinski definition) is 1. The van der Waals surface area contributed by atoms with Gasteiger partial charge in [-0.25, -0.2) is 8.42 Å². The minimum Gasteiger partial charge on any atom is -0.506 e. The van der Waals surface area contributed by atoms with Crippen molar-refractivity contribution in [2.24, 2.45) is 0 Å². The van der Waals surface area contributed by atoms with Crippen LogP contribution in [0.2, 0.25) is 0 Å². The summed E-state index contributed by atoms with van der Waals surface area (Å²) in [5.41, 5.74) is 1.29. The predicted octanol–water partition coefficient (Wildman–Crippen LogP) is 2.53. The molecule has 5 heteroatoms. The number of aromatic hydroxyl groups is 1. The topological polar surface area (TPSA) is 57.6 Å². The highest BCUT2D eigenvalue weighted by atomic mass is 32.2. The van der Waals surface area contributed by atoms with Crippen molar-refractivity contribution in [1.29, 1.82) is 0 Å². The van der Waals surface area contributed by atoms with Gasteiger partial charge in [0.05, 0.1) is 10.6 Å². The van der Waals surface area contributed by atoms with Crippen molar-refractivity contribution in [3.63, 3.8) is 0 Å². The van der Waals surface area contributed by atoms with E-state index >= 15 is 0 Å². The Morgan fingerprint density at radius 2 is 1.75 bits per heavy atom. The van der Waals surface area contributed by atoms with Crippen molar-refractivity contribution in [1.82, 2.24) is 0 Å². The van der Waals surface area contributed by atoms with Crippen LogP contribution in [0.1, 0.15) is 12.0 Å². The van der Waals surface area contributed by atoms with Crippen molar-refractivity contribution >= 4 is 15.7 Å². The van der Waals surface area contributed by atoms with E-state index in [-0.39, 0.29) is 10.6 Å². The second-order valence-corrected chi connectivity index (χ2v) is 6.64. The second kappa shape index (κ2) is 4.83. The summed E-state index contributed by atoms with van der Waals surface area (Å²) in [6, 6.07) is 13.4. The Labute approximate surface area is 118 Å². The van der Waals surface area contributed by atoms with E-state index in [2.05, 4.69) is 0 Å². The predicted molar refractivity (Wildman–Crippen MR) is 77.4 cm³/mol. The maximum Gasteiger partial charge on any atom is 0.264 e. The van der Waals surface area contributed by atoms with E-state index in [0.717, 1.165) is 18.4 Å². The number of sulfonamides is 1. The molecule has 0 fully saturated rings. The maximum atomic E-state index is 12.7. The number of aryl methyl sites for hydroxylation is 1. The zero-order valence-corrected chi connectivity index (χ0v) is 11.7. The lowest BCUT2D eigenvalue weighted by atomic mass is 10.0. The Morgan fingerprint density at radius 3 is 2.50 bits per heavy atom. The maximum absolute atomic E-state index is 12.7. The smallest absolute Gasteiger partial charge is 0.264 e. The van der Waals surface area contributed by atoms with E-state index in [0.29, 0.717) is 12.2 Å². The molecule has 0 spiro atoms. The number of rotatable bonds is 2. The second-order valence-electron chi connectivity index (χ2n) is 4.78. The quantitative estimate of drug-likeness (QED) is 0.924. The summed E-state index contributed by atoms with van der Waals surface area (Å²) in [5, 5.41) is 10.0. The summed E-state index contributed by atoms with van der Waals surface area (Å²) in [6.45, 7) is 0.391. The summed E-state index contributed by atoms with van der Waals surface area (Å²) < 4.78 is 26.7. The van der Waals surface area contributed by atoms with Crippen molar-refractivity contribution in [3.8, 4) is 5.75 Å². The minimum absolute atomic E-state index is 0.0155. The number of benzene rings is 2. The van der Waals surface area contributed by atoms with Gasteiger partial charge in [0.1, 0.15) is 5.75 Å². The molecule has 0 radical (unpaired) electrons. The van der Waals surface area contributed by atoms with E-state index in [9.17, 15) is 13.5 Å². The summed E-state index contributed by atoms with van der Waals surface area (Å²) in [6.07, 6.45) is 1.53. The Bertz CT molecular complexity index is 726. The molecule has 0 saturated heterocycles. The normalized spacial score (nSPS) is 14.9. The molecule has 1 N–H and O–H groups in total. The molecule has 1 aliphatic heterocycles. The number of fused-ring (bicyclic) bond motifs is 1. The molecule has 3 rings (SSSR count).